The molecule has 2 rings (SSSR count). The van der Waals surface area contributed by atoms with E-state index in [1.54, 1.807) is 18.3 Å². The summed E-state index contributed by atoms with van der Waals surface area (Å²) in [7, 11) is 0. The summed E-state index contributed by atoms with van der Waals surface area (Å²) in [4.78, 5) is 15.4. The van der Waals surface area contributed by atoms with E-state index < -0.39 is 0 Å². The summed E-state index contributed by atoms with van der Waals surface area (Å²) in [6, 6.07) is 3.41. The van der Waals surface area contributed by atoms with Crippen LogP contribution in [0.2, 0.25) is 5.15 Å². The minimum absolute atomic E-state index is 0.0848. The van der Waals surface area contributed by atoms with Crippen LogP contribution in [0.25, 0.3) is 0 Å². The van der Waals surface area contributed by atoms with Crippen LogP contribution in [0.4, 0.5) is 5.69 Å². The zero-order valence-electron chi connectivity index (χ0n) is 7.83. The fourth-order valence-electron chi connectivity index (χ4n) is 1.37. The molecule has 0 saturated heterocycles. The van der Waals surface area contributed by atoms with Gasteiger partial charge >= 0.3 is 0 Å². The number of amides is 1. The Hall–Kier alpha value is -1.09. The molecule has 4 heteroatoms. The molecule has 0 radical (unpaired) electrons. The Morgan fingerprint density at radius 2 is 2.36 bits per heavy atom. The molecule has 2 atom stereocenters. The van der Waals surface area contributed by atoms with Gasteiger partial charge in [0.1, 0.15) is 5.15 Å². The first-order valence-corrected chi connectivity index (χ1v) is 4.97. The lowest BCUT2D eigenvalue weighted by molar-refractivity contribution is -0.117. The van der Waals surface area contributed by atoms with Crippen molar-refractivity contribution in [1.29, 1.82) is 0 Å². The first-order valence-electron chi connectivity index (χ1n) is 4.59. The van der Waals surface area contributed by atoms with Gasteiger partial charge in [-0.3, -0.25) is 4.79 Å². The topological polar surface area (TPSA) is 42.0 Å². The summed E-state index contributed by atoms with van der Waals surface area (Å²) < 4.78 is 0. The molecule has 0 aromatic carbocycles. The standard InChI is InChI=1S/C10H11ClN2O/c1-6-4-8(6)10(14)13-7-2-3-9(11)12-5-7/h2-3,5-6,8H,4H2,1H3,(H,13,14). The van der Waals surface area contributed by atoms with Crippen molar-refractivity contribution >= 4 is 23.2 Å². The molecule has 2 unspecified atom stereocenters. The molecule has 1 amide bonds. The van der Waals surface area contributed by atoms with Crippen molar-refractivity contribution < 1.29 is 4.79 Å². The highest BCUT2D eigenvalue weighted by molar-refractivity contribution is 6.29. The Morgan fingerprint density at radius 3 is 2.86 bits per heavy atom. The Morgan fingerprint density at radius 1 is 1.64 bits per heavy atom. The van der Waals surface area contributed by atoms with E-state index in [4.69, 9.17) is 11.6 Å². The summed E-state index contributed by atoms with van der Waals surface area (Å²) in [5, 5.41) is 3.23. The van der Waals surface area contributed by atoms with E-state index in [1.165, 1.54) is 0 Å². The number of aromatic nitrogens is 1. The molecule has 1 saturated carbocycles. The van der Waals surface area contributed by atoms with Gasteiger partial charge in [0, 0.05) is 5.92 Å². The molecule has 74 valence electrons. The van der Waals surface area contributed by atoms with E-state index in [0.29, 0.717) is 16.8 Å². The van der Waals surface area contributed by atoms with Gasteiger partial charge in [0.25, 0.3) is 0 Å². The Kier molecular flexibility index (Phi) is 2.42. The molecule has 1 aliphatic rings. The normalized spacial score (nSPS) is 24.4. The summed E-state index contributed by atoms with van der Waals surface area (Å²) in [5.74, 6) is 0.794. The van der Waals surface area contributed by atoms with E-state index in [1.807, 2.05) is 0 Å². The number of anilines is 1. The van der Waals surface area contributed by atoms with Gasteiger partial charge in [-0.1, -0.05) is 18.5 Å². The van der Waals surface area contributed by atoms with Crippen molar-refractivity contribution in [2.24, 2.45) is 11.8 Å². The maximum Gasteiger partial charge on any atom is 0.227 e. The van der Waals surface area contributed by atoms with Crippen molar-refractivity contribution in [2.75, 3.05) is 5.32 Å². The van der Waals surface area contributed by atoms with Gasteiger partial charge < -0.3 is 5.32 Å². The van der Waals surface area contributed by atoms with E-state index in [0.717, 1.165) is 6.42 Å². The number of halogens is 1. The highest BCUT2D eigenvalue weighted by atomic mass is 35.5. The summed E-state index contributed by atoms with van der Waals surface area (Å²) in [6.45, 7) is 2.07. The van der Waals surface area contributed by atoms with Crippen LogP contribution in [-0.4, -0.2) is 10.9 Å². The van der Waals surface area contributed by atoms with Crippen molar-refractivity contribution in [2.45, 2.75) is 13.3 Å². The fraction of sp³-hybridized carbons (Fsp3) is 0.400. The number of nitrogens with one attached hydrogen (secondary N) is 1. The fourth-order valence-corrected chi connectivity index (χ4v) is 1.48. The van der Waals surface area contributed by atoms with Crippen LogP contribution in [-0.2, 0) is 4.79 Å². The zero-order chi connectivity index (χ0) is 10.1. The molecule has 1 N–H and O–H groups in total. The molecule has 1 aromatic rings. The molecule has 14 heavy (non-hydrogen) atoms. The summed E-state index contributed by atoms with van der Waals surface area (Å²) in [6.07, 6.45) is 2.56. The minimum atomic E-state index is 0.0848. The third kappa shape index (κ3) is 2.04. The monoisotopic (exact) mass is 210 g/mol. The average Bonchev–Trinajstić information content (AvgIpc) is 2.87. The van der Waals surface area contributed by atoms with Crippen molar-refractivity contribution in [1.82, 2.24) is 4.98 Å². The number of carbonyl (C=O) groups excluding carboxylic acids is 1. The number of pyridine rings is 1. The number of hydrogen-bond donors (Lipinski definition) is 1. The van der Waals surface area contributed by atoms with Gasteiger partial charge in [-0.25, -0.2) is 4.98 Å². The van der Waals surface area contributed by atoms with Gasteiger partial charge in [-0.2, -0.15) is 0 Å². The molecule has 1 heterocycles. The Labute approximate surface area is 87.5 Å². The van der Waals surface area contributed by atoms with Crippen LogP contribution in [0.3, 0.4) is 0 Å². The second kappa shape index (κ2) is 3.58. The van der Waals surface area contributed by atoms with E-state index >= 15 is 0 Å². The Balaban J connectivity index is 1.97. The largest absolute Gasteiger partial charge is 0.324 e. The van der Waals surface area contributed by atoms with Gasteiger partial charge in [0.2, 0.25) is 5.91 Å². The highest BCUT2D eigenvalue weighted by Crippen LogP contribution is 2.38. The highest BCUT2D eigenvalue weighted by Gasteiger charge is 2.38. The van der Waals surface area contributed by atoms with Crippen molar-refractivity contribution in [3.05, 3.63) is 23.5 Å². The van der Waals surface area contributed by atoms with Crippen LogP contribution in [0.1, 0.15) is 13.3 Å². The maximum absolute atomic E-state index is 11.5. The van der Waals surface area contributed by atoms with E-state index in [2.05, 4.69) is 17.2 Å². The van der Waals surface area contributed by atoms with E-state index in [9.17, 15) is 4.79 Å². The van der Waals surface area contributed by atoms with Crippen LogP contribution >= 0.6 is 11.6 Å². The van der Waals surface area contributed by atoms with Crippen LogP contribution in [0.15, 0.2) is 18.3 Å². The SMILES string of the molecule is CC1CC1C(=O)Nc1ccc(Cl)nc1. The van der Waals surface area contributed by atoms with Crippen LogP contribution in [0, 0.1) is 11.8 Å². The average molecular weight is 211 g/mol. The van der Waals surface area contributed by atoms with Gasteiger partial charge in [0.05, 0.1) is 11.9 Å². The van der Waals surface area contributed by atoms with Gasteiger partial charge in [0.15, 0.2) is 0 Å². The van der Waals surface area contributed by atoms with Crippen molar-refractivity contribution in [3.63, 3.8) is 0 Å². The molecule has 0 bridgehead atoms. The number of nitrogens with zero attached hydrogens (tertiary/aromatic N) is 1. The number of hydrogen-bond acceptors (Lipinski definition) is 2. The first kappa shape index (κ1) is 9.46. The summed E-state index contributed by atoms with van der Waals surface area (Å²) >= 11 is 5.62. The second-order valence-electron chi connectivity index (χ2n) is 3.68. The zero-order valence-corrected chi connectivity index (χ0v) is 8.58. The lowest BCUT2D eigenvalue weighted by Gasteiger charge is -2.03. The smallest absolute Gasteiger partial charge is 0.227 e. The van der Waals surface area contributed by atoms with E-state index in [-0.39, 0.29) is 11.8 Å². The second-order valence-corrected chi connectivity index (χ2v) is 4.07. The molecule has 1 fully saturated rings. The quantitative estimate of drug-likeness (QED) is 0.762. The van der Waals surface area contributed by atoms with Gasteiger partial charge in [-0.15, -0.1) is 0 Å². The predicted octanol–water partition coefficient (Wildman–Crippen LogP) is 2.33. The van der Waals surface area contributed by atoms with Crippen LogP contribution < -0.4 is 5.32 Å². The molecule has 0 spiro atoms. The molecule has 0 aliphatic heterocycles. The van der Waals surface area contributed by atoms with Gasteiger partial charge in [-0.05, 0) is 24.5 Å². The summed E-state index contributed by atoms with van der Waals surface area (Å²) in [5.41, 5.74) is 0.707. The third-order valence-electron chi connectivity index (χ3n) is 2.44. The maximum atomic E-state index is 11.5. The molecule has 1 aliphatic carbocycles. The first-order chi connectivity index (χ1) is 6.66. The lowest BCUT2D eigenvalue weighted by atomic mass is 10.3. The predicted molar refractivity (Wildman–Crippen MR) is 55.1 cm³/mol. The minimum Gasteiger partial charge on any atom is -0.324 e. The Bertz CT molecular complexity index is 350. The van der Waals surface area contributed by atoms with Crippen LogP contribution in [0.5, 0.6) is 0 Å². The molecular formula is C10H11ClN2O. The third-order valence-corrected chi connectivity index (χ3v) is 2.66. The van der Waals surface area contributed by atoms with Crippen molar-refractivity contribution in [3.8, 4) is 0 Å². The molecular weight excluding hydrogens is 200 g/mol. The lowest BCUT2D eigenvalue weighted by Crippen LogP contribution is -2.14. The molecule has 3 nitrogen and oxygen atoms in total. The number of rotatable bonds is 2. The number of carbonyl (C=O) groups is 1. The molecule has 1 aromatic heterocycles.